The van der Waals surface area contributed by atoms with Crippen LogP contribution in [0.4, 0.5) is 5.69 Å². The molecule has 1 aliphatic heterocycles. The van der Waals surface area contributed by atoms with Gasteiger partial charge in [-0.15, -0.1) is 10.2 Å². The van der Waals surface area contributed by atoms with Crippen LogP contribution in [0, 0.1) is 0 Å². The number of hydrogen-bond acceptors (Lipinski definition) is 7. The lowest BCUT2D eigenvalue weighted by atomic mass is 10.2. The van der Waals surface area contributed by atoms with Crippen molar-refractivity contribution < 1.29 is 14.3 Å². The maximum Gasteiger partial charge on any atom is 0.294 e. The van der Waals surface area contributed by atoms with Crippen LogP contribution in [0.3, 0.4) is 0 Å². The van der Waals surface area contributed by atoms with Gasteiger partial charge in [0.2, 0.25) is 5.91 Å². The zero-order valence-corrected chi connectivity index (χ0v) is 15.2. The molecule has 2 aromatic rings. The molecule has 0 unspecified atom stereocenters. The second-order valence-electron chi connectivity index (χ2n) is 5.74. The van der Waals surface area contributed by atoms with Crippen LogP contribution in [-0.4, -0.2) is 47.3 Å². The molecular weight excluding hydrogens is 340 g/mol. The Morgan fingerprint density at radius 2 is 2.16 bits per heavy atom. The normalized spacial score (nSPS) is 17.4. The summed E-state index contributed by atoms with van der Waals surface area (Å²) in [5.41, 5.74) is 0.771. The average molecular weight is 362 g/mol. The van der Waals surface area contributed by atoms with Crippen molar-refractivity contribution in [1.29, 1.82) is 0 Å². The minimum Gasteiger partial charge on any atom is -0.497 e. The summed E-state index contributed by atoms with van der Waals surface area (Å²) in [6.07, 6.45) is 1.84. The number of benzene rings is 1. The van der Waals surface area contributed by atoms with Gasteiger partial charge in [0.25, 0.3) is 5.19 Å². The van der Waals surface area contributed by atoms with Gasteiger partial charge in [0.15, 0.2) is 0 Å². The number of hydrogen-bond donors (Lipinski definition) is 1. The van der Waals surface area contributed by atoms with Gasteiger partial charge in [-0.2, -0.15) is 0 Å². The molecule has 1 aromatic heterocycles. The second-order valence-corrected chi connectivity index (χ2v) is 6.77. The molecule has 134 valence electrons. The van der Waals surface area contributed by atoms with Gasteiger partial charge in [0.05, 0.1) is 26.3 Å². The number of carbonyl (C=O) groups excluding carboxylic acids is 1. The van der Waals surface area contributed by atoms with E-state index in [1.165, 1.54) is 11.3 Å². The molecule has 3 rings (SSSR count). The summed E-state index contributed by atoms with van der Waals surface area (Å²) < 4.78 is 10.5. The van der Waals surface area contributed by atoms with Crippen LogP contribution in [0.25, 0.3) is 0 Å². The van der Waals surface area contributed by atoms with Crippen LogP contribution >= 0.6 is 11.3 Å². The third-order valence-corrected chi connectivity index (χ3v) is 4.90. The fourth-order valence-corrected chi connectivity index (χ4v) is 3.64. The van der Waals surface area contributed by atoms with Crippen LogP contribution < -0.4 is 14.8 Å². The molecule has 0 spiro atoms. The van der Waals surface area contributed by atoms with Gasteiger partial charge < -0.3 is 14.8 Å². The number of nitrogens with one attached hydrogen (secondary N) is 1. The summed E-state index contributed by atoms with van der Waals surface area (Å²) in [6, 6.07) is 7.20. The molecule has 0 aliphatic carbocycles. The summed E-state index contributed by atoms with van der Waals surface area (Å²) in [6.45, 7) is 3.99. The topological polar surface area (TPSA) is 76.6 Å². The first-order valence-corrected chi connectivity index (χ1v) is 9.15. The zero-order chi connectivity index (χ0) is 17.6. The Morgan fingerprint density at radius 1 is 1.36 bits per heavy atom. The van der Waals surface area contributed by atoms with E-state index in [9.17, 15) is 4.79 Å². The second kappa shape index (κ2) is 8.26. The number of carbonyl (C=O) groups is 1. The van der Waals surface area contributed by atoms with E-state index in [4.69, 9.17) is 9.47 Å². The third-order valence-electron chi connectivity index (χ3n) is 4.08. The summed E-state index contributed by atoms with van der Waals surface area (Å²) in [5.74, 6) is 0.777. The van der Waals surface area contributed by atoms with Gasteiger partial charge >= 0.3 is 0 Å². The minimum absolute atomic E-state index is 0.0113. The lowest BCUT2D eigenvalue weighted by Gasteiger charge is -2.22. The summed E-state index contributed by atoms with van der Waals surface area (Å²) in [7, 11) is 1.62. The summed E-state index contributed by atoms with van der Waals surface area (Å²) in [4.78, 5) is 14.8. The Morgan fingerprint density at radius 3 is 2.88 bits per heavy atom. The molecule has 1 amide bonds. The average Bonchev–Trinajstić information content (AvgIpc) is 3.26. The molecule has 8 heteroatoms. The predicted octanol–water partition coefficient (Wildman–Crippen LogP) is 2.55. The molecule has 0 radical (unpaired) electrons. The van der Waals surface area contributed by atoms with Crippen molar-refractivity contribution in [2.45, 2.75) is 32.4 Å². The van der Waals surface area contributed by atoms with Gasteiger partial charge in [-0.05, 0) is 50.6 Å². The van der Waals surface area contributed by atoms with Gasteiger partial charge in [-0.1, -0.05) is 11.3 Å². The fourth-order valence-electron chi connectivity index (χ4n) is 2.87. The SMILES string of the molecule is CCOc1nnc(CN2CCC[C@@H]2C(=O)Nc2ccc(OC)cc2)s1. The Balaban J connectivity index is 1.60. The molecule has 2 heterocycles. The molecular formula is C17H22N4O3S. The lowest BCUT2D eigenvalue weighted by molar-refractivity contribution is -0.120. The molecule has 25 heavy (non-hydrogen) atoms. The van der Waals surface area contributed by atoms with Crippen molar-refractivity contribution in [2.75, 3.05) is 25.6 Å². The van der Waals surface area contributed by atoms with E-state index in [0.29, 0.717) is 18.3 Å². The maximum atomic E-state index is 12.6. The molecule has 1 fully saturated rings. The van der Waals surface area contributed by atoms with E-state index in [-0.39, 0.29) is 11.9 Å². The monoisotopic (exact) mass is 362 g/mol. The Kier molecular flexibility index (Phi) is 5.83. The molecule has 1 N–H and O–H groups in total. The number of nitrogens with zero attached hydrogens (tertiary/aromatic N) is 3. The summed E-state index contributed by atoms with van der Waals surface area (Å²) >= 11 is 1.43. The van der Waals surface area contributed by atoms with Crippen molar-refractivity contribution >= 4 is 22.9 Å². The van der Waals surface area contributed by atoms with Crippen molar-refractivity contribution in [3.63, 3.8) is 0 Å². The van der Waals surface area contributed by atoms with Gasteiger partial charge in [-0.25, -0.2) is 0 Å². The molecule has 1 aliphatic rings. The summed E-state index contributed by atoms with van der Waals surface area (Å²) in [5, 5.41) is 12.6. The van der Waals surface area contributed by atoms with Crippen LogP contribution in [0.5, 0.6) is 10.9 Å². The number of aromatic nitrogens is 2. The highest BCUT2D eigenvalue weighted by Crippen LogP contribution is 2.25. The Labute approximate surface area is 151 Å². The number of amides is 1. The van der Waals surface area contributed by atoms with E-state index in [0.717, 1.165) is 35.8 Å². The van der Waals surface area contributed by atoms with Crippen molar-refractivity contribution in [3.05, 3.63) is 29.3 Å². The minimum atomic E-state index is -0.151. The van der Waals surface area contributed by atoms with Crippen molar-refractivity contribution in [2.24, 2.45) is 0 Å². The molecule has 1 atom stereocenters. The maximum absolute atomic E-state index is 12.6. The molecule has 1 aromatic carbocycles. The standard InChI is InChI=1S/C17H22N4O3S/c1-3-24-17-20-19-15(25-17)11-21-10-4-5-14(21)16(22)18-12-6-8-13(23-2)9-7-12/h6-9,14H,3-5,10-11H2,1-2H3,(H,18,22)/t14-/m1/s1. The van der Waals surface area contributed by atoms with E-state index >= 15 is 0 Å². The first-order valence-electron chi connectivity index (χ1n) is 8.33. The van der Waals surface area contributed by atoms with E-state index in [1.54, 1.807) is 7.11 Å². The van der Waals surface area contributed by atoms with Crippen molar-refractivity contribution in [3.8, 4) is 10.9 Å². The van der Waals surface area contributed by atoms with E-state index in [2.05, 4.69) is 20.4 Å². The van der Waals surface area contributed by atoms with Crippen LogP contribution in [0.15, 0.2) is 24.3 Å². The lowest BCUT2D eigenvalue weighted by Crippen LogP contribution is -2.39. The highest BCUT2D eigenvalue weighted by Gasteiger charge is 2.31. The predicted molar refractivity (Wildman–Crippen MR) is 96.1 cm³/mol. The van der Waals surface area contributed by atoms with E-state index in [1.807, 2.05) is 31.2 Å². The quantitative estimate of drug-likeness (QED) is 0.816. The van der Waals surface area contributed by atoms with Crippen LogP contribution in [-0.2, 0) is 11.3 Å². The molecule has 0 saturated carbocycles. The van der Waals surface area contributed by atoms with Gasteiger partial charge in [0, 0.05) is 5.69 Å². The first kappa shape index (κ1) is 17.6. The van der Waals surface area contributed by atoms with Gasteiger partial charge in [-0.3, -0.25) is 9.69 Å². The molecule has 0 bridgehead atoms. The largest absolute Gasteiger partial charge is 0.497 e. The number of likely N-dealkylation sites (tertiary alicyclic amines) is 1. The molecule has 1 saturated heterocycles. The number of rotatable bonds is 7. The van der Waals surface area contributed by atoms with Gasteiger partial charge in [0.1, 0.15) is 10.8 Å². The highest BCUT2D eigenvalue weighted by atomic mass is 32.1. The smallest absolute Gasteiger partial charge is 0.294 e. The number of methoxy groups -OCH3 is 1. The third kappa shape index (κ3) is 4.46. The first-order chi connectivity index (χ1) is 12.2. The fraction of sp³-hybridized carbons (Fsp3) is 0.471. The Hall–Kier alpha value is -2.19. The van der Waals surface area contributed by atoms with E-state index < -0.39 is 0 Å². The van der Waals surface area contributed by atoms with Crippen LogP contribution in [0.1, 0.15) is 24.8 Å². The Bertz CT molecular complexity index is 704. The van der Waals surface area contributed by atoms with Crippen molar-refractivity contribution in [1.82, 2.24) is 15.1 Å². The zero-order valence-electron chi connectivity index (χ0n) is 14.4. The molecule has 7 nitrogen and oxygen atoms in total. The van der Waals surface area contributed by atoms with Crippen LogP contribution in [0.2, 0.25) is 0 Å². The number of ether oxygens (including phenoxy) is 2. The number of anilines is 1. The highest BCUT2D eigenvalue weighted by molar-refractivity contribution is 7.13.